The molecule has 2 N–H and O–H groups in total. The number of piperazine rings is 1. The molecule has 1 heterocycles. The zero-order valence-corrected chi connectivity index (χ0v) is 17.8. The van der Waals surface area contributed by atoms with Crippen LogP contribution in [0.5, 0.6) is 5.75 Å². The number of carbonyl (C=O) groups is 2. The Hall–Kier alpha value is -2.64. The second-order valence-electron chi connectivity index (χ2n) is 7.04. The Labute approximate surface area is 173 Å². The van der Waals surface area contributed by atoms with Crippen molar-refractivity contribution in [1.29, 1.82) is 0 Å². The standard InChI is InChI=1S/C22H32N4O3/c1-5-7-17(6-2)20(26-14-12-25(3)13-15-26)16-23-21(27)22(28)24-18-8-10-19(29-4)11-9-18/h5-11,20H,12-16H2,1-4H3,(H,23,27)(H,24,28)/b7-5-,17-6+. The largest absolute Gasteiger partial charge is 0.497 e. The van der Waals surface area contributed by atoms with Crippen molar-refractivity contribution in [2.24, 2.45) is 0 Å². The summed E-state index contributed by atoms with van der Waals surface area (Å²) in [5.74, 6) is -0.637. The van der Waals surface area contributed by atoms with E-state index in [1.807, 2.05) is 19.9 Å². The summed E-state index contributed by atoms with van der Waals surface area (Å²) in [7, 11) is 3.69. The van der Waals surface area contributed by atoms with Gasteiger partial charge in [-0.3, -0.25) is 14.5 Å². The van der Waals surface area contributed by atoms with Crippen molar-refractivity contribution >= 4 is 17.5 Å². The number of ether oxygens (including phenoxy) is 1. The van der Waals surface area contributed by atoms with Crippen LogP contribution in [-0.2, 0) is 9.59 Å². The SMILES string of the molecule is C/C=C\C(=C/C)C(CNC(=O)C(=O)Nc1ccc(OC)cc1)N1CCN(C)CC1. The first-order valence-electron chi connectivity index (χ1n) is 9.93. The minimum Gasteiger partial charge on any atom is -0.497 e. The summed E-state index contributed by atoms with van der Waals surface area (Å²) in [5, 5.41) is 5.42. The van der Waals surface area contributed by atoms with Crippen LogP contribution in [0, 0.1) is 0 Å². The third-order valence-corrected chi connectivity index (χ3v) is 5.07. The van der Waals surface area contributed by atoms with Crippen LogP contribution in [-0.4, -0.2) is 74.5 Å². The number of nitrogens with one attached hydrogen (secondary N) is 2. The number of anilines is 1. The lowest BCUT2D eigenvalue weighted by molar-refractivity contribution is -0.136. The second kappa shape index (κ2) is 11.4. The monoisotopic (exact) mass is 400 g/mol. The van der Waals surface area contributed by atoms with Gasteiger partial charge in [-0.05, 0) is 50.7 Å². The number of nitrogens with zero attached hydrogens (tertiary/aromatic N) is 2. The van der Waals surface area contributed by atoms with Gasteiger partial charge in [0.25, 0.3) is 0 Å². The smallest absolute Gasteiger partial charge is 0.313 e. The predicted molar refractivity (Wildman–Crippen MR) is 116 cm³/mol. The van der Waals surface area contributed by atoms with Gasteiger partial charge in [-0.2, -0.15) is 0 Å². The van der Waals surface area contributed by atoms with Gasteiger partial charge in [-0.1, -0.05) is 18.2 Å². The van der Waals surface area contributed by atoms with E-state index in [1.54, 1.807) is 31.4 Å². The van der Waals surface area contributed by atoms with Crippen molar-refractivity contribution in [2.75, 3.05) is 52.2 Å². The van der Waals surface area contributed by atoms with Crippen LogP contribution in [0.3, 0.4) is 0 Å². The Morgan fingerprint density at radius 2 is 1.76 bits per heavy atom. The highest BCUT2D eigenvalue weighted by Gasteiger charge is 2.25. The molecule has 0 bridgehead atoms. The third kappa shape index (κ3) is 6.73. The summed E-state index contributed by atoms with van der Waals surface area (Å²) < 4.78 is 5.09. The quantitative estimate of drug-likeness (QED) is 0.540. The molecule has 29 heavy (non-hydrogen) atoms. The summed E-state index contributed by atoms with van der Waals surface area (Å²) >= 11 is 0. The fourth-order valence-electron chi connectivity index (χ4n) is 3.32. The lowest BCUT2D eigenvalue weighted by atomic mass is 10.0. The topological polar surface area (TPSA) is 73.9 Å². The van der Waals surface area contributed by atoms with E-state index in [-0.39, 0.29) is 6.04 Å². The number of hydrogen-bond donors (Lipinski definition) is 2. The molecule has 0 saturated carbocycles. The molecule has 1 fully saturated rings. The maximum absolute atomic E-state index is 12.4. The normalized spacial score (nSPS) is 17.2. The first-order chi connectivity index (χ1) is 14.0. The summed E-state index contributed by atoms with van der Waals surface area (Å²) in [5.41, 5.74) is 1.68. The fourth-order valence-corrected chi connectivity index (χ4v) is 3.32. The van der Waals surface area contributed by atoms with Gasteiger partial charge in [-0.25, -0.2) is 0 Å². The molecule has 1 aromatic carbocycles. The maximum atomic E-state index is 12.4. The average Bonchev–Trinajstić information content (AvgIpc) is 2.74. The molecule has 158 valence electrons. The van der Waals surface area contributed by atoms with Gasteiger partial charge in [0.2, 0.25) is 0 Å². The van der Waals surface area contributed by atoms with Crippen molar-refractivity contribution < 1.29 is 14.3 Å². The average molecular weight is 401 g/mol. The number of rotatable bonds is 7. The van der Waals surface area contributed by atoms with Crippen molar-refractivity contribution in [1.82, 2.24) is 15.1 Å². The molecular weight excluding hydrogens is 368 g/mol. The van der Waals surface area contributed by atoms with Gasteiger partial charge in [-0.15, -0.1) is 0 Å². The summed E-state index contributed by atoms with van der Waals surface area (Å²) in [4.78, 5) is 29.3. The Balaban J connectivity index is 1.98. The molecule has 1 atom stereocenters. The van der Waals surface area contributed by atoms with Crippen LogP contribution in [0.15, 0.2) is 48.1 Å². The highest BCUT2D eigenvalue weighted by Crippen LogP contribution is 2.16. The van der Waals surface area contributed by atoms with Crippen LogP contribution in [0.25, 0.3) is 0 Å². The molecule has 1 aromatic rings. The van der Waals surface area contributed by atoms with Crippen LogP contribution in [0.2, 0.25) is 0 Å². The minimum atomic E-state index is -0.680. The van der Waals surface area contributed by atoms with Crippen LogP contribution in [0.1, 0.15) is 13.8 Å². The molecule has 1 saturated heterocycles. The van der Waals surface area contributed by atoms with Crippen LogP contribution in [0.4, 0.5) is 5.69 Å². The molecular formula is C22H32N4O3. The molecule has 0 spiro atoms. The van der Waals surface area contributed by atoms with E-state index in [0.717, 1.165) is 31.8 Å². The number of allylic oxidation sites excluding steroid dienone is 2. The van der Waals surface area contributed by atoms with Crippen molar-refractivity contribution in [3.05, 3.63) is 48.1 Å². The van der Waals surface area contributed by atoms with Gasteiger partial charge in [0, 0.05) is 38.4 Å². The number of hydrogen-bond acceptors (Lipinski definition) is 5. The second-order valence-corrected chi connectivity index (χ2v) is 7.04. The molecule has 0 aliphatic carbocycles. The molecule has 0 radical (unpaired) electrons. The predicted octanol–water partition coefficient (Wildman–Crippen LogP) is 1.89. The highest BCUT2D eigenvalue weighted by atomic mass is 16.5. The number of likely N-dealkylation sites (N-methyl/N-ethyl adjacent to an activating group) is 1. The molecule has 1 unspecified atom stereocenters. The van der Waals surface area contributed by atoms with Gasteiger partial charge < -0.3 is 20.3 Å². The number of methoxy groups -OCH3 is 1. The Bertz CT molecular complexity index is 735. The Kier molecular flexibility index (Phi) is 8.89. The molecule has 1 aliphatic rings. The first kappa shape index (κ1) is 22.6. The van der Waals surface area contributed by atoms with Crippen LogP contribution < -0.4 is 15.4 Å². The zero-order chi connectivity index (χ0) is 21.2. The molecule has 0 aromatic heterocycles. The Morgan fingerprint density at radius 3 is 2.31 bits per heavy atom. The van der Waals surface area contributed by atoms with Crippen molar-refractivity contribution in [3.8, 4) is 5.75 Å². The van der Waals surface area contributed by atoms with Gasteiger partial charge in [0.15, 0.2) is 0 Å². The summed E-state index contributed by atoms with van der Waals surface area (Å²) in [6.07, 6.45) is 6.12. The van der Waals surface area contributed by atoms with E-state index in [2.05, 4.69) is 39.6 Å². The van der Waals surface area contributed by atoms with E-state index >= 15 is 0 Å². The van der Waals surface area contributed by atoms with Crippen LogP contribution >= 0.6 is 0 Å². The molecule has 2 amide bonds. The van der Waals surface area contributed by atoms with E-state index in [1.165, 1.54) is 0 Å². The van der Waals surface area contributed by atoms with Gasteiger partial charge in [0.05, 0.1) is 13.2 Å². The zero-order valence-electron chi connectivity index (χ0n) is 17.8. The summed E-state index contributed by atoms with van der Waals surface area (Å²) in [6, 6.07) is 6.88. The van der Waals surface area contributed by atoms with Crippen molar-refractivity contribution in [3.63, 3.8) is 0 Å². The van der Waals surface area contributed by atoms with E-state index in [4.69, 9.17) is 4.74 Å². The minimum absolute atomic E-state index is 0.0302. The molecule has 2 rings (SSSR count). The Morgan fingerprint density at radius 1 is 1.10 bits per heavy atom. The maximum Gasteiger partial charge on any atom is 0.313 e. The number of carbonyl (C=O) groups excluding carboxylic acids is 2. The third-order valence-electron chi connectivity index (χ3n) is 5.07. The highest BCUT2D eigenvalue weighted by molar-refractivity contribution is 6.39. The first-order valence-corrected chi connectivity index (χ1v) is 9.93. The summed E-state index contributed by atoms with van der Waals surface area (Å²) in [6.45, 7) is 8.16. The van der Waals surface area contributed by atoms with Gasteiger partial charge in [0.1, 0.15) is 5.75 Å². The molecule has 1 aliphatic heterocycles. The van der Waals surface area contributed by atoms with E-state index in [9.17, 15) is 9.59 Å². The lowest BCUT2D eigenvalue weighted by Crippen LogP contribution is -2.53. The van der Waals surface area contributed by atoms with E-state index in [0.29, 0.717) is 18.0 Å². The lowest BCUT2D eigenvalue weighted by Gasteiger charge is -2.38. The fraction of sp³-hybridized carbons (Fsp3) is 0.455. The number of benzene rings is 1. The molecule has 7 nitrogen and oxygen atoms in total. The van der Waals surface area contributed by atoms with E-state index < -0.39 is 11.8 Å². The number of amides is 2. The van der Waals surface area contributed by atoms with Gasteiger partial charge >= 0.3 is 11.8 Å². The molecule has 7 heteroatoms. The van der Waals surface area contributed by atoms with Crippen molar-refractivity contribution in [2.45, 2.75) is 19.9 Å².